The van der Waals surface area contributed by atoms with E-state index in [2.05, 4.69) is 39.9 Å². The number of nitrogens with one attached hydrogen (secondary N) is 2. The molecule has 4 unspecified atom stereocenters. The van der Waals surface area contributed by atoms with Crippen LogP contribution >= 0.6 is 0 Å². The Morgan fingerprint density at radius 1 is 1.12 bits per heavy atom. The second-order valence-corrected chi connectivity index (χ2v) is 9.23. The van der Waals surface area contributed by atoms with E-state index in [0.717, 1.165) is 28.7 Å². The minimum atomic E-state index is -0.143. The van der Waals surface area contributed by atoms with Gasteiger partial charge in [0, 0.05) is 46.2 Å². The van der Waals surface area contributed by atoms with Crippen LogP contribution in [0, 0.1) is 23.7 Å². The van der Waals surface area contributed by atoms with E-state index in [1.54, 1.807) is 7.05 Å². The van der Waals surface area contributed by atoms with Crippen LogP contribution in [0.2, 0.25) is 0 Å². The molecule has 1 aliphatic heterocycles. The Hall–Kier alpha value is -3.42. The molecule has 2 aromatic rings. The van der Waals surface area contributed by atoms with Gasteiger partial charge in [0.25, 0.3) is 0 Å². The number of fused-ring (bicyclic) bond motifs is 6. The van der Waals surface area contributed by atoms with Gasteiger partial charge in [0.15, 0.2) is 5.96 Å². The Labute approximate surface area is 193 Å². The second-order valence-electron chi connectivity index (χ2n) is 9.23. The van der Waals surface area contributed by atoms with Gasteiger partial charge in [-0.25, -0.2) is 4.98 Å². The predicted octanol–water partition coefficient (Wildman–Crippen LogP) is 1.77. The smallest absolute Gasteiger partial charge is 0.233 e. The van der Waals surface area contributed by atoms with E-state index in [1.165, 1.54) is 4.90 Å². The first-order valence-electron chi connectivity index (χ1n) is 11.5. The zero-order valence-corrected chi connectivity index (χ0v) is 19.3. The Kier molecular flexibility index (Phi) is 5.52. The normalized spacial score (nSPS) is 25.8. The van der Waals surface area contributed by atoms with Gasteiger partial charge in [0.05, 0.1) is 17.4 Å². The van der Waals surface area contributed by atoms with Crippen LogP contribution in [-0.2, 0) is 16.1 Å². The van der Waals surface area contributed by atoms with E-state index in [9.17, 15) is 9.59 Å². The lowest BCUT2D eigenvalue weighted by atomic mass is 9.85. The van der Waals surface area contributed by atoms with Crippen LogP contribution in [-0.4, -0.2) is 61.9 Å². The molecule has 33 heavy (non-hydrogen) atoms. The first-order chi connectivity index (χ1) is 16.0. The monoisotopic (exact) mass is 446 g/mol. The molecule has 8 heteroatoms. The van der Waals surface area contributed by atoms with Gasteiger partial charge in [-0.15, -0.1) is 0 Å². The summed E-state index contributed by atoms with van der Waals surface area (Å²) < 4.78 is 0. The fraction of sp³-hybridized carbons (Fsp3) is 0.440. The van der Waals surface area contributed by atoms with Crippen molar-refractivity contribution in [3.63, 3.8) is 0 Å². The number of benzene rings is 1. The number of allylic oxidation sites excluding steroid dienone is 2. The summed E-state index contributed by atoms with van der Waals surface area (Å²) in [5.74, 6) is 1.71. The number of hydrogen-bond acceptors (Lipinski definition) is 5. The van der Waals surface area contributed by atoms with Crippen LogP contribution in [0.15, 0.2) is 47.5 Å². The zero-order chi connectivity index (χ0) is 23.1. The fourth-order valence-corrected chi connectivity index (χ4v) is 5.48. The molecule has 3 aliphatic rings. The molecule has 1 aromatic heterocycles. The van der Waals surface area contributed by atoms with E-state index < -0.39 is 0 Å². The van der Waals surface area contributed by atoms with Crippen LogP contribution < -0.4 is 15.5 Å². The van der Waals surface area contributed by atoms with Crippen molar-refractivity contribution in [2.45, 2.75) is 13.0 Å². The number of carbonyl (C=O) groups excluding carboxylic acids is 2. The SMILES string of the molecule is CN=C(NCCN1C(=O)C2C3C=CC(C3)C2C1=O)NCc1cc(N(C)C)nc2ccccc12. The molecule has 0 radical (unpaired) electrons. The number of anilines is 1. The topological polar surface area (TPSA) is 89.9 Å². The lowest BCUT2D eigenvalue weighted by Crippen LogP contribution is -2.43. The molecule has 1 saturated heterocycles. The number of amides is 2. The Morgan fingerprint density at radius 3 is 2.48 bits per heavy atom. The van der Waals surface area contributed by atoms with Gasteiger partial charge in [-0.2, -0.15) is 0 Å². The van der Waals surface area contributed by atoms with Crippen LogP contribution in [0.5, 0.6) is 0 Å². The van der Waals surface area contributed by atoms with Crippen molar-refractivity contribution in [1.82, 2.24) is 20.5 Å². The average Bonchev–Trinajstić information content (AvgIpc) is 3.50. The van der Waals surface area contributed by atoms with Gasteiger partial charge in [-0.05, 0) is 36.0 Å². The third kappa shape index (κ3) is 3.73. The van der Waals surface area contributed by atoms with E-state index >= 15 is 0 Å². The summed E-state index contributed by atoms with van der Waals surface area (Å²) in [6.07, 6.45) is 5.19. The van der Waals surface area contributed by atoms with Crippen molar-refractivity contribution in [3.05, 3.63) is 48.0 Å². The molecule has 5 rings (SSSR count). The van der Waals surface area contributed by atoms with E-state index in [-0.39, 0.29) is 35.5 Å². The van der Waals surface area contributed by atoms with Crippen molar-refractivity contribution in [3.8, 4) is 0 Å². The lowest BCUT2D eigenvalue weighted by Gasteiger charge is -2.19. The molecule has 4 atom stereocenters. The van der Waals surface area contributed by atoms with Gasteiger partial charge in [0.1, 0.15) is 5.82 Å². The summed E-state index contributed by atoms with van der Waals surface area (Å²) in [5, 5.41) is 7.69. The van der Waals surface area contributed by atoms with Crippen molar-refractivity contribution < 1.29 is 9.59 Å². The van der Waals surface area contributed by atoms with Gasteiger partial charge in [-0.1, -0.05) is 30.4 Å². The van der Waals surface area contributed by atoms with Crippen molar-refractivity contribution in [2.75, 3.05) is 39.1 Å². The maximum Gasteiger partial charge on any atom is 0.233 e. The molecule has 2 N–H and O–H groups in total. The molecular formula is C25H30N6O2. The van der Waals surface area contributed by atoms with Crippen LogP contribution in [0.25, 0.3) is 10.9 Å². The van der Waals surface area contributed by atoms with Crippen LogP contribution in [0.3, 0.4) is 0 Å². The Bertz CT molecular complexity index is 1130. The van der Waals surface area contributed by atoms with E-state index in [0.29, 0.717) is 25.6 Å². The van der Waals surface area contributed by atoms with Gasteiger partial charge in [-0.3, -0.25) is 19.5 Å². The molecule has 2 heterocycles. The third-order valence-electron chi connectivity index (χ3n) is 7.11. The minimum absolute atomic E-state index is 0.00827. The average molecular weight is 447 g/mol. The number of hydrogen-bond donors (Lipinski definition) is 2. The van der Waals surface area contributed by atoms with Crippen LogP contribution in [0.1, 0.15) is 12.0 Å². The van der Waals surface area contributed by atoms with Gasteiger partial charge < -0.3 is 15.5 Å². The molecule has 172 valence electrons. The highest BCUT2D eigenvalue weighted by Crippen LogP contribution is 2.52. The lowest BCUT2D eigenvalue weighted by molar-refractivity contribution is -0.140. The Morgan fingerprint density at radius 2 is 1.82 bits per heavy atom. The van der Waals surface area contributed by atoms with Crippen molar-refractivity contribution in [1.29, 1.82) is 0 Å². The van der Waals surface area contributed by atoms with E-state index in [4.69, 9.17) is 4.98 Å². The number of likely N-dealkylation sites (tertiary alicyclic amines) is 1. The van der Waals surface area contributed by atoms with Crippen LogP contribution in [0.4, 0.5) is 5.82 Å². The summed E-state index contributed by atoms with van der Waals surface area (Å²) in [4.78, 5) is 38.1. The summed E-state index contributed by atoms with van der Waals surface area (Å²) >= 11 is 0. The molecule has 2 aliphatic carbocycles. The van der Waals surface area contributed by atoms with Crippen molar-refractivity contribution >= 4 is 34.5 Å². The molecule has 1 saturated carbocycles. The van der Waals surface area contributed by atoms with E-state index in [1.807, 2.05) is 37.2 Å². The number of pyridine rings is 1. The maximum atomic E-state index is 12.8. The highest BCUT2D eigenvalue weighted by atomic mass is 16.2. The zero-order valence-electron chi connectivity index (χ0n) is 19.3. The summed E-state index contributed by atoms with van der Waals surface area (Å²) in [7, 11) is 5.67. The number of imide groups is 1. The number of aromatic nitrogens is 1. The first kappa shape index (κ1) is 21.4. The maximum absolute atomic E-state index is 12.8. The Balaban J connectivity index is 1.20. The number of rotatable bonds is 6. The van der Waals surface area contributed by atoms with Crippen molar-refractivity contribution in [2.24, 2.45) is 28.7 Å². The first-order valence-corrected chi connectivity index (χ1v) is 11.5. The number of carbonyl (C=O) groups is 2. The predicted molar refractivity (Wildman–Crippen MR) is 129 cm³/mol. The number of para-hydroxylation sites is 1. The number of aliphatic imine (C=N–C) groups is 1. The van der Waals surface area contributed by atoms with Gasteiger partial charge in [0.2, 0.25) is 11.8 Å². The quantitative estimate of drug-likeness (QED) is 0.304. The molecule has 0 spiro atoms. The highest BCUT2D eigenvalue weighted by Gasteiger charge is 2.58. The standard InChI is InChI=1S/C25H30N6O2/c1-26-25(28-14-17-13-20(30(2)3)29-19-7-5-4-6-18(17)19)27-10-11-31-23(32)21-15-8-9-16(12-15)22(21)24(31)33/h4-9,13,15-16,21-22H,10-12,14H2,1-3H3,(H2,26,27,28). The molecule has 8 nitrogen and oxygen atoms in total. The summed E-state index contributed by atoms with van der Waals surface area (Å²) in [6.45, 7) is 1.39. The molecular weight excluding hydrogens is 416 g/mol. The molecule has 1 aromatic carbocycles. The number of nitrogens with zero attached hydrogens (tertiary/aromatic N) is 4. The molecule has 2 amide bonds. The largest absolute Gasteiger partial charge is 0.363 e. The summed E-state index contributed by atoms with van der Waals surface area (Å²) in [6, 6.07) is 10.2. The molecule has 2 bridgehead atoms. The third-order valence-corrected chi connectivity index (χ3v) is 7.11. The fourth-order valence-electron chi connectivity index (χ4n) is 5.48. The highest BCUT2D eigenvalue weighted by molar-refractivity contribution is 6.06. The number of guanidine groups is 1. The summed E-state index contributed by atoms with van der Waals surface area (Å²) in [5.41, 5.74) is 2.07. The molecule has 2 fully saturated rings. The second kappa shape index (κ2) is 8.50. The minimum Gasteiger partial charge on any atom is -0.363 e. The van der Waals surface area contributed by atoms with Gasteiger partial charge >= 0.3 is 0 Å².